The lowest BCUT2D eigenvalue weighted by Crippen LogP contribution is -2.29. The number of thioether (sulfide) groups is 1. The number of rotatable bonds is 6. The summed E-state index contributed by atoms with van der Waals surface area (Å²) in [5.74, 6) is 1.09. The van der Waals surface area contributed by atoms with Crippen molar-refractivity contribution in [3.63, 3.8) is 0 Å². The van der Waals surface area contributed by atoms with Gasteiger partial charge in [0.25, 0.3) is 0 Å². The Bertz CT molecular complexity index is 612. The van der Waals surface area contributed by atoms with Crippen molar-refractivity contribution in [3.8, 4) is 0 Å². The maximum absolute atomic E-state index is 5.35. The van der Waals surface area contributed by atoms with E-state index in [4.69, 9.17) is 12.2 Å². The smallest absolute Gasteiger partial charge is 0.170 e. The fourth-order valence-electron chi connectivity index (χ4n) is 2.02. The maximum Gasteiger partial charge on any atom is 0.170 e. The molecule has 0 fully saturated rings. The van der Waals surface area contributed by atoms with Gasteiger partial charge in [-0.3, -0.25) is 0 Å². The summed E-state index contributed by atoms with van der Waals surface area (Å²) in [5.41, 5.74) is 3.51. The highest BCUT2D eigenvalue weighted by molar-refractivity contribution is 7.99. The third kappa shape index (κ3) is 5.70. The number of thiocarbonyl (C=S) groups is 1. The van der Waals surface area contributed by atoms with E-state index in [9.17, 15) is 0 Å². The molecule has 0 aliphatic heterocycles. The minimum atomic E-state index is 0.693. The van der Waals surface area contributed by atoms with E-state index < -0.39 is 0 Å². The first-order valence-corrected chi connectivity index (χ1v) is 8.84. The zero-order valence-corrected chi connectivity index (χ0v) is 14.7. The summed E-state index contributed by atoms with van der Waals surface area (Å²) in [6.45, 7) is 5.05. The Balaban J connectivity index is 1.66. The molecule has 2 N–H and O–H groups in total. The molecule has 0 aliphatic carbocycles. The zero-order chi connectivity index (χ0) is 15.8. The topological polar surface area (TPSA) is 24.1 Å². The third-order valence-electron chi connectivity index (χ3n) is 3.26. The van der Waals surface area contributed by atoms with Crippen LogP contribution in [0, 0.1) is 13.8 Å². The lowest BCUT2D eigenvalue weighted by Gasteiger charge is -2.13. The molecule has 0 amide bonds. The van der Waals surface area contributed by atoms with E-state index in [1.165, 1.54) is 16.0 Å². The molecule has 0 radical (unpaired) electrons. The number of hydrogen-bond donors (Lipinski definition) is 2. The van der Waals surface area contributed by atoms with E-state index in [-0.39, 0.29) is 0 Å². The summed E-state index contributed by atoms with van der Waals surface area (Å²) in [5, 5.41) is 7.24. The number of aryl methyl sites for hydroxylation is 2. The molecule has 0 saturated carbocycles. The van der Waals surface area contributed by atoms with Gasteiger partial charge in [-0.25, -0.2) is 0 Å². The van der Waals surface area contributed by atoms with Crippen molar-refractivity contribution >= 4 is 34.8 Å². The van der Waals surface area contributed by atoms with Gasteiger partial charge in [0.1, 0.15) is 0 Å². The number of benzene rings is 2. The van der Waals surface area contributed by atoms with Crippen molar-refractivity contribution in [3.05, 3.63) is 59.7 Å². The second kappa shape index (κ2) is 8.81. The van der Waals surface area contributed by atoms with Crippen molar-refractivity contribution in [1.82, 2.24) is 5.32 Å². The summed E-state index contributed by atoms with van der Waals surface area (Å²) in [6.07, 6.45) is 1.08. The molecule has 0 atom stereocenters. The van der Waals surface area contributed by atoms with E-state index in [2.05, 4.69) is 66.9 Å². The molecule has 2 nitrogen and oxygen atoms in total. The molecule has 22 heavy (non-hydrogen) atoms. The Morgan fingerprint density at radius 2 is 1.86 bits per heavy atom. The van der Waals surface area contributed by atoms with Gasteiger partial charge in [-0.1, -0.05) is 30.3 Å². The zero-order valence-electron chi connectivity index (χ0n) is 13.1. The van der Waals surface area contributed by atoms with Crippen molar-refractivity contribution in [2.75, 3.05) is 17.6 Å². The van der Waals surface area contributed by atoms with Crippen molar-refractivity contribution < 1.29 is 0 Å². The maximum atomic E-state index is 5.35. The Morgan fingerprint density at radius 3 is 2.64 bits per heavy atom. The molecule has 116 valence electrons. The van der Waals surface area contributed by atoms with E-state index >= 15 is 0 Å². The first-order chi connectivity index (χ1) is 10.6. The van der Waals surface area contributed by atoms with Crippen LogP contribution in [-0.2, 0) is 0 Å². The van der Waals surface area contributed by atoms with Crippen molar-refractivity contribution in [2.45, 2.75) is 25.2 Å². The van der Waals surface area contributed by atoms with Gasteiger partial charge >= 0.3 is 0 Å². The monoisotopic (exact) mass is 330 g/mol. The lowest BCUT2D eigenvalue weighted by atomic mass is 10.1. The van der Waals surface area contributed by atoms with Gasteiger partial charge in [0.15, 0.2) is 5.11 Å². The largest absolute Gasteiger partial charge is 0.362 e. The normalized spacial score (nSPS) is 10.3. The summed E-state index contributed by atoms with van der Waals surface area (Å²) >= 11 is 7.23. The second-order valence-electron chi connectivity index (χ2n) is 5.21. The van der Waals surface area contributed by atoms with Crippen LogP contribution in [0.25, 0.3) is 0 Å². The van der Waals surface area contributed by atoms with E-state index in [0.717, 1.165) is 24.4 Å². The molecule has 4 heteroatoms. The molecule has 0 spiro atoms. The molecular formula is C18H22N2S2. The summed E-state index contributed by atoms with van der Waals surface area (Å²) in [6, 6.07) is 16.8. The Morgan fingerprint density at radius 1 is 1.09 bits per heavy atom. The van der Waals surface area contributed by atoms with Gasteiger partial charge in [-0.05, 0) is 67.6 Å². The highest BCUT2D eigenvalue weighted by Crippen LogP contribution is 2.18. The summed E-state index contributed by atoms with van der Waals surface area (Å²) in [7, 11) is 0. The average Bonchev–Trinajstić information content (AvgIpc) is 2.51. The molecular weight excluding hydrogens is 308 g/mol. The number of anilines is 1. The van der Waals surface area contributed by atoms with E-state index in [1.807, 2.05) is 17.8 Å². The quantitative estimate of drug-likeness (QED) is 0.452. The molecule has 0 heterocycles. The molecule has 0 bridgehead atoms. The van der Waals surface area contributed by atoms with Crippen LogP contribution >= 0.6 is 24.0 Å². The van der Waals surface area contributed by atoms with Gasteiger partial charge < -0.3 is 10.6 Å². The summed E-state index contributed by atoms with van der Waals surface area (Å²) in [4.78, 5) is 1.32. The van der Waals surface area contributed by atoms with Crippen LogP contribution in [0.4, 0.5) is 5.69 Å². The SMILES string of the molecule is Cc1ccc(C)c(NC(=S)NCCCSc2ccccc2)c1. The van der Waals surface area contributed by atoms with Gasteiger partial charge in [0, 0.05) is 17.1 Å². The van der Waals surface area contributed by atoms with Crippen LogP contribution in [0.5, 0.6) is 0 Å². The predicted octanol–water partition coefficient (Wildman–Crippen LogP) is 4.77. The van der Waals surface area contributed by atoms with Gasteiger partial charge in [-0.15, -0.1) is 11.8 Å². The standard InChI is InChI=1S/C18H22N2S2/c1-14-9-10-15(2)17(13-14)20-18(21)19-11-6-12-22-16-7-4-3-5-8-16/h3-5,7-10,13H,6,11-12H2,1-2H3,(H2,19,20,21). The minimum Gasteiger partial charge on any atom is -0.362 e. The van der Waals surface area contributed by atoms with E-state index in [1.54, 1.807) is 0 Å². The Labute approximate surface area is 142 Å². The van der Waals surface area contributed by atoms with Crippen LogP contribution in [-0.4, -0.2) is 17.4 Å². The average molecular weight is 331 g/mol. The van der Waals surface area contributed by atoms with Gasteiger partial charge in [0.05, 0.1) is 0 Å². The van der Waals surface area contributed by atoms with Crippen molar-refractivity contribution in [1.29, 1.82) is 0 Å². The van der Waals surface area contributed by atoms with Crippen LogP contribution in [0.1, 0.15) is 17.5 Å². The fourth-order valence-corrected chi connectivity index (χ4v) is 3.10. The molecule has 2 aromatic carbocycles. The summed E-state index contributed by atoms with van der Waals surface area (Å²) < 4.78 is 0. The first-order valence-electron chi connectivity index (χ1n) is 7.45. The molecule has 0 saturated heterocycles. The molecule has 2 rings (SSSR count). The minimum absolute atomic E-state index is 0.693. The highest BCUT2D eigenvalue weighted by atomic mass is 32.2. The predicted molar refractivity (Wildman–Crippen MR) is 102 cm³/mol. The molecule has 0 aliphatic rings. The fraction of sp³-hybridized carbons (Fsp3) is 0.278. The van der Waals surface area contributed by atoms with Crippen LogP contribution < -0.4 is 10.6 Å². The van der Waals surface area contributed by atoms with Gasteiger partial charge in [-0.2, -0.15) is 0 Å². The lowest BCUT2D eigenvalue weighted by molar-refractivity contribution is 0.854. The van der Waals surface area contributed by atoms with E-state index in [0.29, 0.717) is 5.11 Å². The second-order valence-corrected chi connectivity index (χ2v) is 6.79. The Hall–Kier alpha value is -1.52. The number of hydrogen-bond acceptors (Lipinski definition) is 2. The van der Waals surface area contributed by atoms with Gasteiger partial charge in [0.2, 0.25) is 0 Å². The molecule has 0 unspecified atom stereocenters. The van der Waals surface area contributed by atoms with Crippen LogP contribution in [0.2, 0.25) is 0 Å². The first kappa shape index (κ1) is 16.8. The third-order valence-corrected chi connectivity index (χ3v) is 4.60. The Kier molecular flexibility index (Phi) is 6.74. The van der Waals surface area contributed by atoms with Crippen molar-refractivity contribution in [2.24, 2.45) is 0 Å². The molecule has 0 aromatic heterocycles. The number of nitrogens with one attached hydrogen (secondary N) is 2. The highest BCUT2D eigenvalue weighted by Gasteiger charge is 2.01. The molecule has 2 aromatic rings. The van der Waals surface area contributed by atoms with Crippen LogP contribution in [0.15, 0.2) is 53.4 Å². The van der Waals surface area contributed by atoms with Crippen LogP contribution in [0.3, 0.4) is 0 Å².